The number of nitrogens with two attached hydrogens (primary N) is 1. The predicted octanol–water partition coefficient (Wildman–Crippen LogP) is 3.02. The highest BCUT2D eigenvalue weighted by Crippen LogP contribution is 2.26. The highest BCUT2D eigenvalue weighted by atomic mass is 16.6. The smallest absolute Gasteiger partial charge is 0.410 e. The normalized spacial score (nSPS) is 16.0. The molecule has 1 saturated heterocycles. The Balaban J connectivity index is 1.68. The van der Waals surface area contributed by atoms with E-state index in [2.05, 4.69) is 5.32 Å². The van der Waals surface area contributed by atoms with Gasteiger partial charge >= 0.3 is 12.1 Å². The topological polar surface area (TPSA) is 116 Å². The van der Waals surface area contributed by atoms with E-state index in [-0.39, 0.29) is 5.91 Å². The minimum atomic E-state index is -1.08. The number of likely N-dealkylation sites (tertiary alicyclic amines) is 1. The van der Waals surface area contributed by atoms with Gasteiger partial charge in [-0.25, -0.2) is 9.59 Å². The number of carbonyl (C=O) groups is 3. The minimum absolute atomic E-state index is 0.297. The molecule has 174 valence electrons. The number of aryl methyl sites for hydroxylation is 1. The number of anilines is 1. The Bertz CT molecular complexity index is 1030. The molecular formula is C23H32N4O5. The second kappa shape index (κ2) is 8.82. The summed E-state index contributed by atoms with van der Waals surface area (Å²) >= 11 is 0. The highest BCUT2D eigenvalue weighted by Gasteiger charge is 2.39. The number of ether oxygens (including phenoxy) is 2. The quantitative estimate of drug-likeness (QED) is 0.701. The molecule has 3 rings (SSSR count). The van der Waals surface area contributed by atoms with Crippen LogP contribution in [-0.4, -0.2) is 58.3 Å². The van der Waals surface area contributed by atoms with Gasteiger partial charge in [-0.2, -0.15) is 0 Å². The molecule has 3 N–H and O–H groups in total. The van der Waals surface area contributed by atoms with Crippen LogP contribution in [0.25, 0.3) is 10.9 Å². The van der Waals surface area contributed by atoms with Gasteiger partial charge in [0.25, 0.3) is 0 Å². The number of piperidine rings is 1. The number of nitrogens with one attached hydrogen (secondary N) is 1. The van der Waals surface area contributed by atoms with Crippen molar-refractivity contribution in [2.75, 3.05) is 25.0 Å². The van der Waals surface area contributed by atoms with Crippen molar-refractivity contribution in [3.63, 3.8) is 0 Å². The maximum atomic E-state index is 12.9. The average Bonchev–Trinajstić information content (AvgIpc) is 3.03. The number of amides is 2. The summed E-state index contributed by atoms with van der Waals surface area (Å²) in [4.78, 5) is 38.9. The monoisotopic (exact) mass is 444 g/mol. The van der Waals surface area contributed by atoms with Crippen molar-refractivity contribution in [2.24, 2.45) is 12.8 Å². The van der Waals surface area contributed by atoms with Crippen LogP contribution in [0, 0.1) is 0 Å². The van der Waals surface area contributed by atoms with Crippen molar-refractivity contribution in [1.29, 1.82) is 0 Å². The molecule has 0 bridgehead atoms. The lowest BCUT2D eigenvalue weighted by Gasteiger charge is -2.38. The van der Waals surface area contributed by atoms with Crippen LogP contribution in [0.1, 0.15) is 51.0 Å². The van der Waals surface area contributed by atoms with Gasteiger partial charge in [0.15, 0.2) is 0 Å². The van der Waals surface area contributed by atoms with E-state index in [1.54, 1.807) is 41.6 Å². The van der Waals surface area contributed by atoms with Crippen LogP contribution in [-0.2, 0) is 21.3 Å². The molecular weight excluding hydrogens is 412 g/mol. The first-order valence-electron chi connectivity index (χ1n) is 10.8. The summed E-state index contributed by atoms with van der Waals surface area (Å²) in [6.07, 6.45) is 0.268. The molecule has 0 spiro atoms. The summed E-state index contributed by atoms with van der Waals surface area (Å²) in [5.41, 5.74) is 6.61. The number of hydrogen-bond acceptors (Lipinski definition) is 6. The third-order valence-corrected chi connectivity index (χ3v) is 5.54. The summed E-state index contributed by atoms with van der Waals surface area (Å²) in [5.74, 6) is -0.698. The molecule has 9 nitrogen and oxygen atoms in total. The molecule has 32 heavy (non-hydrogen) atoms. The predicted molar refractivity (Wildman–Crippen MR) is 121 cm³/mol. The van der Waals surface area contributed by atoms with E-state index in [1.165, 1.54) is 0 Å². The largest absolute Gasteiger partial charge is 0.461 e. The molecule has 1 fully saturated rings. The van der Waals surface area contributed by atoms with Crippen LogP contribution in [0.2, 0.25) is 0 Å². The molecule has 1 aromatic carbocycles. The minimum Gasteiger partial charge on any atom is -0.461 e. The van der Waals surface area contributed by atoms with Gasteiger partial charge < -0.3 is 30.0 Å². The van der Waals surface area contributed by atoms with Crippen LogP contribution in [0.5, 0.6) is 0 Å². The Hall–Kier alpha value is -3.07. The van der Waals surface area contributed by atoms with Gasteiger partial charge in [0.2, 0.25) is 5.91 Å². The number of benzene rings is 1. The van der Waals surface area contributed by atoms with Crippen molar-refractivity contribution in [3.05, 3.63) is 30.0 Å². The van der Waals surface area contributed by atoms with Crippen LogP contribution in [0.15, 0.2) is 24.3 Å². The van der Waals surface area contributed by atoms with Crippen molar-refractivity contribution in [1.82, 2.24) is 9.47 Å². The van der Waals surface area contributed by atoms with Gasteiger partial charge in [0.05, 0.1) is 12.1 Å². The lowest BCUT2D eigenvalue weighted by molar-refractivity contribution is -0.122. The van der Waals surface area contributed by atoms with Crippen molar-refractivity contribution in [3.8, 4) is 0 Å². The maximum absolute atomic E-state index is 12.9. The molecule has 9 heteroatoms. The SMILES string of the molecule is CCOC(=O)c1cc2cc(NC(=O)C3(N)CCN(C(=O)OC(C)(C)C)CC3)ccc2n1C. The van der Waals surface area contributed by atoms with Gasteiger partial charge in [-0.1, -0.05) is 0 Å². The second-order valence-corrected chi connectivity index (χ2v) is 9.16. The first-order chi connectivity index (χ1) is 14.9. The molecule has 2 amide bonds. The number of esters is 1. The van der Waals surface area contributed by atoms with Crippen LogP contribution >= 0.6 is 0 Å². The van der Waals surface area contributed by atoms with Crippen LogP contribution in [0.4, 0.5) is 10.5 Å². The van der Waals surface area contributed by atoms with E-state index in [1.807, 2.05) is 26.8 Å². The highest BCUT2D eigenvalue weighted by molar-refractivity contribution is 6.01. The molecule has 0 radical (unpaired) electrons. The summed E-state index contributed by atoms with van der Waals surface area (Å²) in [6.45, 7) is 8.19. The van der Waals surface area contributed by atoms with E-state index in [4.69, 9.17) is 15.2 Å². The zero-order valence-corrected chi connectivity index (χ0v) is 19.4. The third kappa shape index (κ3) is 5.04. The van der Waals surface area contributed by atoms with Gasteiger partial charge in [-0.15, -0.1) is 0 Å². The number of nitrogens with zero attached hydrogens (tertiary/aromatic N) is 2. The summed E-state index contributed by atoms with van der Waals surface area (Å²) in [6, 6.07) is 7.14. The van der Waals surface area contributed by atoms with Gasteiger partial charge in [0, 0.05) is 36.7 Å². The Morgan fingerprint density at radius 2 is 1.81 bits per heavy atom. The molecule has 1 aromatic heterocycles. The number of rotatable bonds is 4. The Labute approximate surface area is 187 Å². The number of fused-ring (bicyclic) bond motifs is 1. The van der Waals surface area contributed by atoms with Gasteiger partial charge in [0.1, 0.15) is 11.3 Å². The fourth-order valence-electron chi connectivity index (χ4n) is 3.73. The molecule has 0 aliphatic carbocycles. The molecule has 2 heterocycles. The van der Waals surface area contributed by atoms with Gasteiger partial charge in [-0.3, -0.25) is 4.79 Å². The Morgan fingerprint density at radius 1 is 1.16 bits per heavy atom. The van der Waals surface area contributed by atoms with E-state index in [0.717, 1.165) is 10.9 Å². The number of carbonyl (C=O) groups excluding carboxylic acids is 3. The fourth-order valence-corrected chi connectivity index (χ4v) is 3.73. The second-order valence-electron chi connectivity index (χ2n) is 9.16. The van der Waals surface area contributed by atoms with Crippen LogP contribution < -0.4 is 11.1 Å². The average molecular weight is 445 g/mol. The number of aromatic nitrogens is 1. The lowest BCUT2D eigenvalue weighted by atomic mass is 9.87. The summed E-state index contributed by atoms with van der Waals surface area (Å²) < 4.78 is 12.3. The number of hydrogen-bond donors (Lipinski definition) is 2. The van der Waals surface area contributed by atoms with Crippen molar-refractivity contribution in [2.45, 2.75) is 51.7 Å². The van der Waals surface area contributed by atoms with E-state index >= 15 is 0 Å². The zero-order valence-electron chi connectivity index (χ0n) is 19.4. The van der Waals surface area contributed by atoms with Gasteiger partial charge in [-0.05, 0) is 64.8 Å². The summed E-state index contributed by atoms with van der Waals surface area (Å²) in [7, 11) is 1.79. The first-order valence-corrected chi connectivity index (χ1v) is 10.8. The summed E-state index contributed by atoms with van der Waals surface area (Å²) in [5, 5.41) is 3.69. The van der Waals surface area contributed by atoms with E-state index in [9.17, 15) is 14.4 Å². The lowest BCUT2D eigenvalue weighted by Crippen LogP contribution is -2.58. The fraction of sp³-hybridized carbons (Fsp3) is 0.522. The van der Waals surface area contributed by atoms with E-state index in [0.29, 0.717) is 43.9 Å². The Morgan fingerprint density at radius 3 is 2.41 bits per heavy atom. The first kappa shape index (κ1) is 23.6. The molecule has 0 saturated carbocycles. The zero-order chi connectivity index (χ0) is 23.7. The molecule has 1 aliphatic heterocycles. The molecule has 0 atom stereocenters. The Kier molecular flexibility index (Phi) is 6.50. The van der Waals surface area contributed by atoms with Crippen LogP contribution in [0.3, 0.4) is 0 Å². The third-order valence-electron chi connectivity index (χ3n) is 5.54. The molecule has 2 aromatic rings. The maximum Gasteiger partial charge on any atom is 0.410 e. The molecule has 0 unspecified atom stereocenters. The van der Waals surface area contributed by atoms with Crippen molar-refractivity contribution >= 4 is 34.6 Å². The standard InChI is InChI=1S/C23H32N4O5/c1-6-31-19(28)18-14-15-13-16(7-8-17(15)26(18)5)25-20(29)23(24)9-11-27(12-10-23)21(30)32-22(2,3)4/h7-8,13-14H,6,9-12,24H2,1-5H3,(H,25,29). The molecule has 1 aliphatic rings. The van der Waals surface area contributed by atoms with Crippen molar-refractivity contribution < 1.29 is 23.9 Å². The van der Waals surface area contributed by atoms with E-state index < -0.39 is 23.2 Å².